The predicted octanol–water partition coefficient (Wildman–Crippen LogP) is 2.54. The van der Waals surface area contributed by atoms with E-state index in [0.29, 0.717) is 51.1 Å². The van der Waals surface area contributed by atoms with Crippen molar-refractivity contribution in [2.24, 2.45) is 0 Å². The number of nitrogens with one attached hydrogen (secondary N) is 1. The highest BCUT2D eigenvalue weighted by atomic mass is 32.2. The van der Waals surface area contributed by atoms with Gasteiger partial charge < -0.3 is 10.2 Å². The third-order valence-corrected chi connectivity index (χ3v) is 8.26. The number of alkyl halides is 3. The van der Waals surface area contributed by atoms with Crippen LogP contribution in [0.3, 0.4) is 0 Å². The Balaban J connectivity index is 1.39. The number of amides is 1. The van der Waals surface area contributed by atoms with Crippen LogP contribution < -0.4 is 10.2 Å². The Kier molecular flexibility index (Phi) is 8.63. The quantitative estimate of drug-likeness (QED) is 0.539. The molecule has 0 radical (unpaired) electrons. The molecule has 0 aromatic heterocycles. The number of benzene rings is 1. The summed E-state index contributed by atoms with van der Waals surface area (Å²) >= 11 is 0. The number of nitrogens with zero attached hydrogens (tertiary/aromatic N) is 3. The lowest BCUT2D eigenvalue weighted by atomic mass is 10.1. The molecule has 2 saturated heterocycles. The minimum Gasteiger partial charge on any atom is -0.369 e. The molecule has 186 valence electrons. The summed E-state index contributed by atoms with van der Waals surface area (Å²) in [6.07, 6.45) is -1.86. The van der Waals surface area contributed by atoms with Crippen LogP contribution in [0.25, 0.3) is 0 Å². The van der Waals surface area contributed by atoms with Crippen molar-refractivity contribution in [2.75, 3.05) is 56.5 Å². The van der Waals surface area contributed by atoms with Crippen molar-refractivity contribution in [3.05, 3.63) is 29.8 Å². The fourth-order valence-electron chi connectivity index (χ4n) is 4.45. The highest BCUT2D eigenvalue weighted by molar-refractivity contribution is 7.89. The van der Waals surface area contributed by atoms with Crippen LogP contribution >= 0.6 is 0 Å². The molecule has 2 heterocycles. The van der Waals surface area contributed by atoms with Gasteiger partial charge >= 0.3 is 6.18 Å². The number of sulfonamides is 1. The number of rotatable bonds is 9. The first-order chi connectivity index (χ1) is 15.6. The zero-order valence-corrected chi connectivity index (χ0v) is 19.8. The van der Waals surface area contributed by atoms with Gasteiger partial charge in [-0.1, -0.05) is 13.0 Å². The largest absolute Gasteiger partial charge is 0.416 e. The van der Waals surface area contributed by atoms with Crippen LogP contribution in [0.5, 0.6) is 0 Å². The van der Waals surface area contributed by atoms with Crippen molar-refractivity contribution < 1.29 is 26.4 Å². The molecule has 1 unspecified atom stereocenters. The molecule has 11 heteroatoms. The van der Waals surface area contributed by atoms with Crippen LogP contribution in [-0.4, -0.2) is 81.1 Å². The minimum atomic E-state index is -4.35. The van der Waals surface area contributed by atoms with Crippen molar-refractivity contribution in [1.29, 1.82) is 0 Å². The molecule has 0 bridgehead atoms. The summed E-state index contributed by atoms with van der Waals surface area (Å²) < 4.78 is 64.9. The van der Waals surface area contributed by atoms with Crippen LogP contribution in [0.1, 0.15) is 38.2 Å². The molecule has 3 rings (SSSR count). The maximum atomic E-state index is 13.0. The van der Waals surface area contributed by atoms with Crippen molar-refractivity contribution in [3.63, 3.8) is 0 Å². The van der Waals surface area contributed by atoms with Gasteiger partial charge in [0, 0.05) is 45.0 Å². The summed E-state index contributed by atoms with van der Waals surface area (Å²) in [6.45, 7) is 6.18. The van der Waals surface area contributed by atoms with Gasteiger partial charge in [0.05, 0.1) is 11.3 Å². The Morgan fingerprint density at radius 3 is 2.55 bits per heavy atom. The molecular weight excluding hydrogens is 457 g/mol. The van der Waals surface area contributed by atoms with Gasteiger partial charge in [0.15, 0.2) is 0 Å². The maximum Gasteiger partial charge on any atom is 0.416 e. The van der Waals surface area contributed by atoms with Gasteiger partial charge in [-0.3, -0.25) is 9.69 Å². The summed E-state index contributed by atoms with van der Waals surface area (Å²) in [6, 6.07) is 4.80. The van der Waals surface area contributed by atoms with E-state index in [9.17, 15) is 26.4 Å². The molecule has 2 aliphatic heterocycles. The van der Waals surface area contributed by atoms with E-state index in [2.05, 4.69) is 10.2 Å². The molecule has 1 aromatic rings. The first-order valence-electron chi connectivity index (χ1n) is 11.5. The molecule has 1 amide bonds. The molecule has 2 aliphatic rings. The lowest BCUT2D eigenvalue weighted by Crippen LogP contribution is -2.48. The summed E-state index contributed by atoms with van der Waals surface area (Å²) in [7, 11) is -3.39. The van der Waals surface area contributed by atoms with Gasteiger partial charge in [-0.15, -0.1) is 0 Å². The van der Waals surface area contributed by atoms with Crippen LogP contribution in [0.15, 0.2) is 24.3 Å². The van der Waals surface area contributed by atoms with Gasteiger partial charge in [0.2, 0.25) is 15.9 Å². The SMILES string of the molecule is CCCS(=O)(=O)N1CCCC1C(=O)NCCCN1CCN(c2cccc(C(F)(F)F)c2)CC1. The number of carbonyl (C=O) groups excluding carboxylic acids is 1. The van der Waals surface area contributed by atoms with E-state index in [1.807, 2.05) is 11.8 Å². The van der Waals surface area contributed by atoms with Gasteiger partial charge in [-0.05, 0) is 50.4 Å². The van der Waals surface area contributed by atoms with Crippen LogP contribution in [0.4, 0.5) is 18.9 Å². The van der Waals surface area contributed by atoms with Crippen LogP contribution in [0.2, 0.25) is 0 Å². The average molecular weight is 491 g/mol. The van der Waals surface area contributed by atoms with E-state index < -0.39 is 27.8 Å². The third kappa shape index (κ3) is 6.83. The monoisotopic (exact) mass is 490 g/mol. The minimum absolute atomic E-state index is 0.0588. The van der Waals surface area contributed by atoms with Crippen LogP contribution in [0, 0.1) is 0 Å². The number of hydrogen-bond acceptors (Lipinski definition) is 5. The third-order valence-electron chi connectivity index (χ3n) is 6.19. The van der Waals surface area contributed by atoms with Crippen molar-refractivity contribution >= 4 is 21.6 Å². The van der Waals surface area contributed by atoms with E-state index in [0.717, 1.165) is 32.1 Å². The Morgan fingerprint density at radius 2 is 1.88 bits per heavy atom. The Morgan fingerprint density at radius 1 is 1.15 bits per heavy atom. The van der Waals surface area contributed by atoms with Gasteiger partial charge in [0.1, 0.15) is 6.04 Å². The predicted molar refractivity (Wildman–Crippen MR) is 122 cm³/mol. The number of anilines is 1. The van der Waals surface area contributed by atoms with Gasteiger partial charge in [-0.2, -0.15) is 17.5 Å². The summed E-state index contributed by atoms with van der Waals surface area (Å²) in [5.41, 5.74) is -0.0580. The first-order valence-corrected chi connectivity index (χ1v) is 13.1. The lowest BCUT2D eigenvalue weighted by molar-refractivity contribution is -0.137. The van der Waals surface area contributed by atoms with Crippen molar-refractivity contribution in [1.82, 2.24) is 14.5 Å². The highest BCUT2D eigenvalue weighted by Crippen LogP contribution is 2.32. The lowest BCUT2D eigenvalue weighted by Gasteiger charge is -2.36. The zero-order chi connectivity index (χ0) is 24.1. The molecule has 0 aliphatic carbocycles. The van der Waals surface area contributed by atoms with E-state index >= 15 is 0 Å². The summed E-state index contributed by atoms with van der Waals surface area (Å²) in [4.78, 5) is 16.7. The molecule has 33 heavy (non-hydrogen) atoms. The average Bonchev–Trinajstić information content (AvgIpc) is 3.28. The van der Waals surface area contributed by atoms with Crippen molar-refractivity contribution in [2.45, 2.75) is 44.8 Å². The van der Waals surface area contributed by atoms with E-state index in [1.54, 1.807) is 6.07 Å². The standard InChI is InChI=1S/C22H33F3N4O3S/c1-2-16-33(31,32)29-11-4-8-20(29)21(30)26-9-5-10-27-12-14-28(15-13-27)19-7-3-6-18(17-19)22(23,24)25/h3,6-7,17,20H,2,4-5,8-16H2,1H3,(H,26,30). The molecular formula is C22H33F3N4O3S. The number of piperazine rings is 1. The number of hydrogen-bond donors (Lipinski definition) is 1. The number of halogens is 3. The van der Waals surface area contributed by atoms with E-state index in [-0.39, 0.29) is 11.7 Å². The fraction of sp³-hybridized carbons (Fsp3) is 0.682. The molecule has 0 saturated carbocycles. The second-order valence-electron chi connectivity index (χ2n) is 8.61. The smallest absolute Gasteiger partial charge is 0.369 e. The van der Waals surface area contributed by atoms with Crippen molar-refractivity contribution in [3.8, 4) is 0 Å². The van der Waals surface area contributed by atoms with Crippen LogP contribution in [-0.2, 0) is 21.0 Å². The molecule has 1 N–H and O–H groups in total. The zero-order valence-electron chi connectivity index (χ0n) is 19.0. The summed E-state index contributed by atoms with van der Waals surface area (Å²) in [5, 5.41) is 2.87. The molecule has 2 fully saturated rings. The molecule has 1 aromatic carbocycles. The summed E-state index contributed by atoms with van der Waals surface area (Å²) in [5.74, 6) is -0.176. The molecule has 7 nitrogen and oxygen atoms in total. The number of carbonyl (C=O) groups is 1. The second kappa shape index (κ2) is 11.1. The Hall–Kier alpha value is -1.85. The first kappa shape index (κ1) is 25.8. The van der Waals surface area contributed by atoms with E-state index in [1.165, 1.54) is 16.4 Å². The molecule has 1 atom stereocenters. The van der Waals surface area contributed by atoms with E-state index in [4.69, 9.17) is 0 Å². The normalized spacial score (nSPS) is 20.8. The Bertz CT molecular complexity index is 902. The Labute approximate surface area is 194 Å². The second-order valence-corrected chi connectivity index (χ2v) is 10.6. The highest BCUT2D eigenvalue weighted by Gasteiger charge is 2.37. The maximum absolute atomic E-state index is 13.0. The van der Waals surface area contributed by atoms with Gasteiger partial charge in [-0.25, -0.2) is 8.42 Å². The topological polar surface area (TPSA) is 73.0 Å². The fourth-order valence-corrected chi connectivity index (χ4v) is 6.20. The van der Waals surface area contributed by atoms with Gasteiger partial charge in [0.25, 0.3) is 0 Å². The molecule has 0 spiro atoms.